The number of nitrogens with one attached hydrogen (secondary N) is 1. The van der Waals surface area contributed by atoms with Gasteiger partial charge < -0.3 is 9.88 Å². The van der Waals surface area contributed by atoms with Gasteiger partial charge in [-0.15, -0.1) is 0 Å². The standard InChI is InChI=1S/C23H22Cl2N2O2/c24-16-10-17(25)12-18(11-16)26-22(28)14-27-13-20(19-8-4-5-9-21(19)27)23(29)15-6-2-1-3-7-15/h4-5,8-13,15H,1-3,6-7,14H2,(H,26,28). The number of hydrogen-bond acceptors (Lipinski definition) is 2. The minimum atomic E-state index is -0.208. The lowest BCUT2D eigenvalue weighted by molar-refractivity contribution is -0.116. The minimum Gasteiger partial charge on any atom is -0.337 e. The van der Waals surface area contributed by atoms with Gasteiger partial charge in [0.2, 0.25) is 5.91 Å². The van der Waals surface area contributed by atoms with E-state index in [-0.39, 0.29) is 24.2 Å². The van der Waals surface area contributed by atoms with E-state index in [1.807, 2.05) is 35.0 Å². The molecule has 1 heterocycles. The van der Waals surface area contributed by atoms with Crippen LogP contribution in [-0.2, 0) is 11.3 Å². The van der Waals surface area contributed by atoms with Crippen molar-refractivity contribution >= 4 is 51.5 Å². The van der Waals surface area contributed by atoms with Gasteiger partial charge in [-0.05, 0) is 37.1 Å². The predicted molar refractivity (Wildman–Crippen MR) is 118 cm³/mol. The first kappa shape index (κ1) is 20.0. The molecule has 3 aromatic rings. The maximum absolute atomic E-state index is 13.1. The largest absolute Gasteiger partial charge is 0.337 e. The molecule has 0 bridgehead atoms. The lowest BCUT2D eigenvalue weighted by atomic mass is 9.84. The molecule has 1 N–H and O–H groups in total. The number of aromatic nitrogens is 1. The molecule has 150 valence electrons. The molecule has 1 saturated carbocycles. The Balaban J connectivity index is 1.59. The van der Waals surface area contributed by atoms with Gasteiger partial charge in [-0.1, -0.05) is 60.7 Å². The molecule has 6 heteroatoms. The number of amides is 1. The van der Waals surface area contributed by atoms with E-state index in [0.29, 0.717) is 21.3 Å². The maximum atomic E-state index is 13.1. The van der Waals surface area contributed by atoms with E-state index < -0.39 is 0 Å². The van der Waals surface area contributed by atoms with Crippen LogP contribution in [-0.4, -0.2) is 16.3 Å². The highest BCUT2D eigenvalue weighted by Crippen LogP contribution is 2.31. The molecule has 2 aromatic carbocycles. The van der Waals surface area contributed by atoms with Crippen LogP contribution in [0.5, 0.6) is 0 Å². The molecule has 0 atom stereocenters. The highest BCUT2D eigenvalue weighted by Gasteiger charge is 2.25. The summed E-state index contributed by atoms with van der Waals surface area (Å²) in [5, 5.41) is 4.65. The van der Waals surface area contributed by atoms with Gasteiger partial charge >= 0.3 is 0 Å². The number of rotatable bonds is 5. The zero-order valence-corrected chi connectivity index (χ0v) is 17.5. The van der Waals surface area contributed by atoms with Gasteiger partial charge in [0.25, 0.3) is 0 Å². The van der Waals surface area contributed by atoms with Gasteiger partial charge in [0, 0.05) is 44.3 Å². The molecule has 1 aromatic heterocycles. The highest BCUT2D eigenvalue weighted by atomic mass is 35.5. The second-order valence-electron chi connectivity index (χ2n) is 7.59. The van der Waals surface area contributed by atoms with E-state index >= 15 is 0 Å². The van der Waals surface area contributed by atoms with Crippen molar-refractivity contribution in [2.75, 3.05) is 5.32 Å². The van der Waals surface area contributed by atoms with Crippen LogP contribution in [0.2, 0.25) is 10.0 Å². The smallest absolute Gasteiger partial charge is 0.244 e. The molecule has 0 saturated heterocycles. The number of carbonyl (C=O) groups excluding carboxylic acids is 2. The van der Waals surface area contributed by atoms with Crippen LogP contribution in [0.15, 0.2) is 48.7 Å². The quantitative estimate of drug-likeness (QED) is 0.481. The summed E-state index contributed by atoms with van der Waals surface area (Å²) in [6.07, 6.45) is 7.16. The van der Waals surface area contributed by atoms with Crippen molar-refractivity contribution in [1.29, 1.82) is 0 Å². The Morgan fingerprint density at radius 2 is 1.69 bits per heavy atom. The zero-order chi connectivity index (χ0) is 20.4. The summed E-state index contributed by atoms with van der Waals surface area (Å²) in [6.45, 7) is 0.0998. The Morgan fingerprint density at radius 3 is 2.41 bits per heavy atom. The minimum absolute atomic E-state index is 0.0884. The first-order valence-corrected chi connectivity index (χ1v) is 10.6. The normalized spacial score (nSPS) is 14.8. The molecule has 29 heavy (non-hydrogen) atoms. The Labute approximate surface area is 179 Å². The summed E-state index contributed by atoms with van der Waals surface area (Å²) in [7, 11) is 0. The summed E-state index contributed by atoms with van der Waals surface area (Å²) < 4.78 is 1.84. The van der Waals surface area contributed by atoms with E-state index in [9.17, 15) is 9.59 Å². The topological polar surface area (TPSA) is 51.1 Å². The van der Waals surface area contributed by atoms with E-state index in [1.165, 1.54) is 6.42 Å². The predicted octanol–water partition coefficient (Wildman–Crippen LogP) is 6.35. The lowest BCUT2D eigenvalue weighted by Crippen LogP contribution is -2.19. The van der Waals surface area contributed by atoms with E-state index in [4.69, 9.17) is 23.2 Å². The van der Waals surface area contributed by atoms with Crippen LogP contribution in [0.25, 0.3) is 10.9 Å². The molecule has 0 unspecified atom stereocenters. The fourth-order valence-electron chi connectivity index (χ4n) is 4.14. The van der Waals surface area contributed by atoms with Crippen LogP contribution in [0.1, 0.15) is 42.5 Å². The van der Waals surface area contributed by atoms with Crippen molar-refractivity contribution in [2.45, 2.75) is 38.6 Å². The average molecular weight is 429 g/mol. The number of hydrogen-bond donors (Lipinski definition) is 1. The monoisotopic (exact) mass is 428 g/mol. The molecule has 4 nitrogen and oxygen atoms in total. The number of Topliss-reactive ketones (excluding diaryl/α,β-unsaturated/α-hetero) is 1. The molecule has 0 radical (unpaired) electrons. The third-order valence-corrected chi connectivity index (χ3v) is 5.93. The number of nitrogens with zero attached hydrogens (tertiary/aromatic N) is 1. The fourth-order valence-corrected chi connectivity index (χ4v) is 4.67. The van der Waals surface area contributed by atoms with Crippen LogP contribution >= 0.6 is 23.2 Å². The van der Waals surface area contributed by atoms with Gasteiger partial charge in [-0.25, -0.2) is 0 Å². The van der Waals surface area contributed by atoms with Crippen LogP contribution < -0.4 is 5.32 Å². The summed E-state index contributed by atoms with van der Waals surface area (Å²) in [4.78, 5) is 25.8. The number of fused-ring (bicyclic) bond motifs is 1. The third kappa shape index (κ3) is 4.49. The number of para-hydroxylation sites is 1. The first-order valence-electron chi connectivity index (χ1n) is 9.89. The average Bonchev–Trinajstić information content (AvgIpc) is 3.06. The zero-order valence-electron chi connectivity index (χ0n) is 16.0. The van der Waals surface area contributed by atoms with Crippen molar-refractivity contribution in [3.8, 4) is 0 Å². The van der Waals surface area contributed by atoms with Crippen LogP contribution in [0.3, 0.4) is 0 Å². The first-order chi connectivity index (χ1) is 14.0. The molecular formula is C23H22Cl2N2O2. The van der Waals surface area contributed by atoms with Gasteiger partial charge in [0.15, 0.2) is 5.78 Å². The molecule has 1 aliphatic rings. The van der Waals surface area contributed by atoms with Crippen molar-refractivity contribution in [2.24, 2.45) is 5.92 Å². The van der Waals surface area contributed by atoms with Crippen molar-refractivity contribution in [3.63, 3.8) is 0 Å². The third-order valence-electron chi connectivity index (χ3n) is 5.49. The van der Waals surface area contributed by atoms with Gasteiger partial charge in [-0.3, -0.25) is 9.59 Å². The highest BCUT2D eigenvalue weighted by molar-refractivity contribution is 6.35. The van der Waals surface area contributed by atoms with Crippen molar-refractivity contribution < 1.29 is 9.59 Å². The molecule has 4 rings (SSSR count). The summed E-state index contributed by atoms with van der Waals surface area (Å²) in [5.74, 6) is 0.0767. The Kier molecular flexibility index (Phi) is 5.93. The molecule has 0 spiro atoms. The fraction of sp³-hybridized carbons (Fsp3) is 0.304. The molecule has 1 amide bonds. The van der Waals surface area contributed by atoms with Gasteiger partial charge in [0.1, 0.15) is 6.54 Å². The van der Waals surface area contributed by atoms with Crippen molar-refractivity contribution in [3.05, 3.63) is 64.3 Å². The molecule has 1 fully saturated rings. The SMILES string of the molecule is O=C(Cn1cc(C(=O)C2CCCCC2)c2ccccc21)Nc1cc(Cl)cc(Cl)c1. The second-order valence-corrected chi connectivity index (χ2v) is 8.47. The lowest BCUT2D eigenvalue weighted by Gasteiger charge is -2.19. The van der Waals surface area contributed by atoms with E-state index in [1.54, 1.807) is 18.2 Å². The van der Waals surface area contributed by atoms with Crippen molar-refractivity contribution in [1.82, 2.24) is 4.57 Å². The number of anilines is 1. The van der Waals surface area contributed by atoms with Crippen LogP contribution in [0, 0.1) is 5.92 Å². The van der Waals surface area contributed by atoms with E-state index in [0.717, 1.165) is 36.6 Å². The molecular weight excluding hydrogens is 407 g/mol. The Bertz CT molecular complexity index is 1050. The van der Waals surface area contributed by atoms with Gasteiger partial charge in [0.05, 0.1) is 0 Å². The summed E-state index contributed by atoms with van der Waals surface area (Å²) in [5.41, 5.74) is 2.14. The summed E-state index contributed by atoms with van der Waals surface area (Å²) >= 11 is 12.0. The number of halogens is 2. The molecule has 1 aliphatic carbocycles. The molecule has 0 aliphatic heterocycles. The summed E-state index contributed by atoms with van der Waals surface area (Å²) in [6, 6.07) is 12.7. The Morgan fingerprint density at radius 1 is 1.00 bits per heavy atom. The number of ketones is 1. The Hall–Kier alpha value is -2.30. The second kappa shape index (κ2) is 8.60. The number of carbonyl (C=O) groups is 2. The number of benzene rings is 2. The maximum Gasteiger partial charge on any atom is 0.244 e. The van der Waals surface area contributed by atoms with Gasteiger partial charge in [-0.2, -0.15) is 0 Å². The van der Waals surface area contributed by atoms with E-state index in [2.05, 4.69) is 5.32 Å². The van der Waals surface area contributed by atoms with Crippen LogP contribution in [0.4, 0.5) is 5.69 Å².